The Morgan fingerprint density at radius 3 is 2.33 bits per heavy atom. The predicted octanol–water partition coefficient (Wildman–Crippen LogP) is 2.48. The predicted molar refractivity (Wildman–Crippen MR) is 59.2 cm³/mol. The van der Waals surface area contributed by atoms with Crippen LogP contribution in [0.4, 0.5) is 5.69 Å². The second-order valence-electron chi connectivity index (χ2n) is 4.06. The average molecular weight is 202 g/mol. The van der Waals surface area contributed by atoms with E-state index >= 15 is 0 Å². The zero-order valence-corrected chi connectivity index (χ0v) is 9.16. The molecule has 0 bridgehead atoms. The van der Waals surface area contributed by atoms with Crippen molar-refractivity contribution >= 4 is 11.6 Å². The molecule has 3 nitrogen and oxygen atoms in total. The van der Waals surface area contributed by atoms with Crippen LogP contribution < -0.4 is 5.32 Å². The summed E-state index contributed by atoms with van der Waals surface area (Å²) in [5, 5.41) is 11.5. The number of carbonyl (C=O) groups is 1. The van der Waals surface area contributed by atoms with Crippen molar-refractivity contribution in [3.8, 4) is 6.07 Å². The Hall–Kier alpha value is -1.82. The SMILES string of the molecule is Cc1ccc(NC(=O)C(C)(C)C#N)cc1. The first-order valence-electron chi connectivity index (χ1n) is 4.75. The lowest BCUT2D eigenvalue weighted by Crippen LogP contribution is -2.29. The van der Waals surface area contributed by atoms with Gasteiger partial charge in [0.1, 0.15) is 5.41 Å². The van der Waals surface area contributed by atoms with Gasteiger partial charge in [0.2, 0.25) is 5.91 Å². The van der Waals surface area contributed by atoms with Crippen molar-refractivity contribution in [1.82, 2.24) is 0 Å². The number of anilines is 1. The minimum atomic E-state index is -0.995. The van der Waals surface area contributed by atoms with E-state index in [2.05, 4.69) is 5.32 Å². The van der Waals surface area contributed by atoms with Crippen LogP contribution in [-0.2, 0) is 4.79 Å². The Balaban J connectivity index is 2.76. The lowest BCUT2D eigenvalue weighted by molar-refractivity contribution is -0.121. The van der Waals surface area contributed by atoms with Crippen molar-refractivity contribution in [2.24, 2.45) is 5.41 Å². The lowest BCUT2D eigenvalue weighted by Gasteiger charge is -2.14. The van der Waals surface area contributed by atoms with Crippen molar-refractivity contribution in [1.29, 1.82) is 5.26 Å². The number of aryl methyl sites for hydroxylation is 1. The third-order valence-electron chi connectivity index (χ3n) is 2.16. The fourth-order valence-electron chi connectivity index (χ4n) is 0.975. The van der Waals surface area contributed by atoms with Gasteiger partial charge in [0.05, 0.1) is 6.07 Å². The van der Waals surface area contributed by atoms with Crippen molar-refractivity contribution in [3.05, 3.63) is 29.8 Å². The van der Waals surface area contributed by atoms with E-state index in [1.165, 1.54) is 0 Å². The van der Waals surface area contributed by atoms with E-state index in [1.54, 1.807) is 13.8 Å². The van der Waals surface area contributed by atoms with E-state index in [0.29, 0.717) is 5.69 Å². The summed E-state index contributed by atoms with van der Waals surface area (Å²) in [5.74, 6) is -0.283. The quantitative estimate of drug-likeness (QED) is 0.801. The summed E-state index contributed by atoms with van der Waals surface area (Å²) in [5.41, 5.74) is 0.853. The molecule has 0 saturated carbocycles. The number of hydrogen-bond acceptors (Lipinski definition) is 2. The monoisotopic (exact) mass is 202 g/mol. The molecule has 1 rings (SSSR count). The first kappa shape index (κ1) is 11.3. The number of benzene rings is 1. The minimum Gasteiger partial charge on any atom is -0.325 e. The molecule has 0 aliphatic carbocycles. The minimum absolute atomic E-state index is 0.283. The van der Waals surface area contributed by atoms with Gasteiger partial charge in [-0.05, 0) is 32.9 Å². The molecule has 0 heterocycles. The number of rotatable bonds is 2. The van der Waals surface area contributed by atoms with Gasteiger partial charge in [-0.1, -0.05) is 17.7 Å². The van der Waals surface area contributed by atoms with Gasteiger partial charge >= 0.3 is 0 Å². The highest BCUT2D eigenvalue weighted by Gasteiger charge is 2.26. The molecule has 1 aromatic carbocycles. The Kier molecular flexibility index (Phi) is 3.11. The van der Waals surface area contributed by atoms with Gasteiger partial charge < -0.3 is 5.32 Å². The van der Waals surface area contributed by atoms with E-state index in [1.807, 2.05) is 37.3 Å². The van der Waals surface area contributed by atoms with Crippen LogP contribution in [0.1, 0.15) is 19.4 Å². The zero-order valence-electron chi connectivity index (χ0n) is 9.16. The molecular weight excluding hydrogens is 188 g/mol. The van der Waals surface area contributed by atoms with Crippen LogP contribution in [0.5, 0.6) is 0 Å². The molecule has 1 N–H and O–H groups in total. The summed E-state index contributed by atoms with van der Waals surface area (Å²) < 4.78 is 0. The number of nitrogens with zero attached hydrogens (tertiary/aromatic N) is 1. The standard InChI is InChI=1S/C12H14N2O/c1-9-4-6-10(7-5-9)14-11(15)12(2,3)8-13/h4-7H,1-3H3,(H,14,15). The first-order chi connectivity index (χ1) is 6.95. The molecule has 0 fully saturated rings. The van der Waals surface area contributed by atoms with Gasteiger partial charge in [-0.3, -0.25) is 4.79 Å². The number of nitriles is 1. The van der Waals surface area contributed by atoms with E-state index in [0.717, 1.165) is 5.56 Å². The Morgan fingerprint density at radius 1 is 1.33 bits per heavy atom. The smallest absolute Gasteiger partial charge is 0.244 e. The third kappa shape index (κ3) is 2.81. The molecule has 1 amide bonds. The van der Waals surface area contributed by atoms with Crippen molar-refractivity contribution in [3.63, 3.8) is 0 Å². The number of nitrogens with one attached hydrogen (secondary N) is 1. The molecule has 0 radical (unpaired) electrons. The van der Waals surface area contributed by atoms with E-state index < -0.39 is 5.41 Å². The van der Waals surface area contributed by atoms with Crippen molar-refractivity contribution in [2.45, 2.75) is 20.8 Å². The van der Waals surface area contributed by atoms with Crippen LogP contribution in [-0.4, -0.2) is 5.91 Å². The second kappa shape index (κ2) is 4.14. The van der Waals surface area contributed by atoms with E-state index in [-0.39, 0.29) is 5.91 Å². The van der Waals surface area contributed by atoms with Crippen LogP contribution in [0, 0.1) is 23.7 Å². The summed E-state index contributed by atoms with van der Waals surface area (Å²) >= 11 is 0. The maximum atomic E-state index is 11.6. The molecule has 3 heteroatoms. The molecule has 1 aromatic rings. The largest absolute Gasteiger partial charge is 0.325 e. The summed E-state index contributed by atoms with van der Waals surface area (Å²) in [7, 11) is 0. The van der Waals surface area contributed by atoms with Crippen LogP contribution in [0.2, 0.25) is 0 Å². The molecular formula is C12H14N2O. The van der Waals surface area contributed by atoms with E-state index in [9.17, 15) is 4.79 Å². The molecule has 78 valence electrons. The Bertz CT molecular complexity index is 399. The molecule has 0 aliphatic heterocycles. The topological polar surface area (TPSA) is 52.9 Å². The maximum absolute atomic E-state index is 11.6. The Morgan fingerprint density at radius 2 is 1.87 bits per heavy atom. The first-order valence-corrected chi connectivity index (χ1v) is 4.75. The van der Waals surface area contributed by atoms with Crippen LogP contribution >= 0.6 is 0 Å². The van der Waals surface area contributed by atoms with Gasteiger partial charge in [-0.15, -0.1) is 0 Å². The summed E-state index contributed by atoms with van der Waals surface area (Å²) in [6.45, 7) is 5.16. The summed E-state index contributed by atoms with van der Waals surface area (Å²) in [6, 6.07) is 9.42. The van der Waals surface area contributed by atoms with Crippen molar-refractivity contribution in [2.75, 3.05) is 5.32 Å². The van der Waals surface area contributed by atoms with Gasteiger partial charge in [0.25, 0.3) is 0 Å². The molecule has 15 heavy (non-hydrogen) atoms. The molecule has 0 aromatic heterocycles. The lowest BCUT2D eigenvalue weighted by atomic mass is 9.94. The molecule has 0 aliphatic rings. The number of hydrogen-bond donors (Lipinski definition) is 1. The van der Waals surface area contributed by atoms with Gasteiger partial charge in [-0.25, -0.2) is 0 Å². The molecule has 0 saturated heterocycles. The van der Waals surface area contributed by atoms with E-state index in [4.69, 9.17) is 5.26 Å². The molecule has 0 unspecified atom stereocenters. The summed E-state index contributed by atoms with van der Waals surface area (Å²) in [6.07, 6.45) is 0. The Labute approximate surface area is 89.7 Å². The van der Waals surface area contributed by atoms with Gasteiger partial charge in [-0.2, -0.15) is 5.26 Å². The zero-order chi connectivity index (χ0) is 11.5. The highest BCUT2D eigenvalue weighted by Crippen LogP contribution is 2.17. The highest BCUT2D eigenvalue weighted by atomic mass is 16.2. The van der Waals surface area contributed by atoms with Crippen molar-refractivity contribution < 1.29 is 4.79 Å². The fraction of sp³-hybridized carbons (Fsp3) is 0.333. The molecule has 0 spiro atoms. The summed E-state index contributed by atoms with van der Waals surface area (Å²) in [4.78, 5) is 11.6. The average Bonchev–Trinajstić information content (AvgIpc) is 2.21. The second-order valence-corrected chi connectivity index (χ2v) is 4.06. The molecule has 0 atom stereocenters. The number of amides is 1. The van der Waals surface area contributed by atoms with Crippen LogP contribution in [0.15, 0.2) is 24.3 Å². The van der Waals surface area contributed by atoms with Gasteiger partial charge in [0, 0.05) is 5.69 Å². The maximum Gasteiger partial charge on any atom is 0.244 e. The van der Waals surface area contributed by atoms with Gasteiger partial charge in [0.15, 0.2) is 0 Å². The van der Waals surface area contributed by atoms with Crippen LogP contribution in [0.3, 0.4) is 0 Å². The fourth-order valence-corrected chi connectivity index (χ4v) is 0.975. The third-order valence-corrected chi connectivity index (χ3v) is 2.16. The van der Waals surface area contributed by atoms with Crippen LogP contribution in [0.25, 0.3) is 0 Å². The number of carbonyl (C=O) groups excluding carboxylic acids is 1. The normalized spacial score (nSPS) is 10.5. The highest BCUT2D eigenvalue weighted by molar-refractivity contribution is 5.96.